The molecule has 0 aliphatic heterocycles. The van der Waals surface area contributed by atoms with Crippen LogP contribution in [0, 0.1) is 12.7 Å². The molecule has 2 N–H and O–H groups in total. The van der Waals surface area contributed by atoms with Gasteiger partial charge in [-0.3, -0.25) is 0 Å². The van der Waals surface area contributed by atoms with Gasteiger partial charge in [0.05, 0.1) is 0 Å². The van der Waals surface area contributed by atoms with Crippen LogP contribution in [0.5, 0.6) is 5.75 Å². The Labute approximate surface area is 104 Å². The first kappa shape index (κ1) is 12.5. The van der Waals surface area contributed by atoms with E-state index in [-0.39, 0.29) is 5.75 Å². The van der Waals surface area contributed by atoms with Gasteiger partial charge in [-0.15, -0.1) is 0 Å². The average Bonchev–Trinajstić information content (AvgIpc) is 2.75. The largest absolute Gasteiger partial charge is 0.505 e. The van der Waals surface area contributed by atoms with E-state index in [4.69, 9.17) is 9.63 Å². The normalized spacial score (nSPS) is 10.8. The molecule has 96 valence electrons. The molecule has 5 nitrogen and oxygen atoms in total. The maximum Gasteiger partial charge on any atom is 0.223 e. The molecule has 0 aliphatic rings. The summed E-state index contributed by atoms with van der Waals surface area (Å²) >= 11 is 0. The molecule has 0 aliphatic carbocycles. The van der Waals surface area contributed by atoms with Crippen LogP contribution < -0.4 is 5.32 Å². The molecule has 0 radical (unpaired) electrons. The minimum atomic E-state index is -0.608. The zero-order valence-electron chi connectivity index (χ0n) is 9.98. The minimum Gasteiger partial charge on any atom is -0.505 e. The van der Waals surface area contributed by atoms with Crippen molar-refractivity contribution in [2.75, 3.05) is 6.54 Å². The lowest BCUT2D eigenvalue weighted by Gasteiger charge is -2.04. The molecule has 0 saturated carbocycles. The quantitative estimate of drug-likeness (QED) is 0.789. The number of benzene rings is 1. The van der Waals surface area contributed by atoms with Gasteiger partial charge >= 0.3 is 0 Å². The molecule has 18 heavy (non-hydrogen) atoms. The Morgan fingerprint density at radius 3 is 2.94 bits per heavy atom. The summed E-state index contributed by atoms with van der Waals surface area (Å²) in [6.07, 6.45) is 0.651. The van der Waals surface area contributed by atoms with Crippen LogP contribution in [0.1, 0.15) is 17.3 Å². The standard InChI is InChI=1S/C12H14FN3O2/c1-8-15-12(16-18-8)4-5-14-7-9-2-3-11(17)10(13)6-9/h2-3,6,14,17H,4-5,7H2,1H3. The Kier molecular flexibility index (Phi) is 3.88. The SMILES string of the molecule is Cc1nc(CCNCc2ccc(O)c(F)c2)no1. The summed E-state index contributed by atoms with van der Waals surface area (Å²) in [4.78, 5) is 4.07. The number of aromatic hydroxyl groups is 1. The van der Waals surface area contributed by atoms with E-state index in [1.165, 1.54) is 12.1 Å². The topological polar surface area (TPSA) is 71.2 Å². The number of hydrogen-bond acceptors (Lipinski definition) is 5. The number of hydrogen-bond donors (Lipinski definition) is 2. The first-order valence-electron chi connectivity index (χ1n) is 5.62. The summed E-state index contributed by atoms with van der Waals surface area (Å²) in [7, 11) is 0. The average molecular weight is 251 g/mol. The molecule has 0 atom stereocenters. The molecule has 0 spiro atoms. The second kappa shape index (κ2) is 5.59. The molecule has 0 unspecified atom stereocenters. The van der Waals surface area contributed by atoms with Crippen molar-refractivity contribution in [2.45, 2.75) is 19.9 Å². The van der Waals surface area contributed by atoms with Gasteiger partial charge in [-0.2, -0.15) is 4.98 Å². The highest BCUT2D eigenvalue weighted by Gasteiger charge is 2.03. The minimum absolute atomic E-state index is 0.332. The summed E-state index contributed by atoms with van der Waals surface area (Å²) in [5.74, 6) is 0.256. The first-order valence-corrected chi connectivity index (χ1v) is 5.62. The van der Waals surface area contributed by atoms with E-state index in [1.54, 1.807) is 13.0 Å². The molecule has 2 rings (SSSR count). The van der Waals surface area contributed by atoms with Crippen molar-refractivity contribution >= 4 is 0 Å². The Morgan fingerprint density at radius 2 is 2.28 bits per heavy atom. The number of nitrogens with one attached hydrogen (secondary N) is 1. The van der Waals surface area contributed by atoms with E-state index < -0.39 is 5.82 Å². The Balaban J connectivity index is 1.76. The lowest BCUT2D eigenvalue weighted by atomic mass is 10.2. The number of rotatable bonds is 5. The smallest absolute Gasteiger partial charge is 0.223 e. The number of aryl methyl sites for hydroxylation is 1. The van der Waals surface area contributed by atoms with Crippen LogP contribution in [0.2, 0.25) is 0 Å². The fraction of sp³-hybridized carbons (Fsp3) is 0.333. The number of phenols is 1. The molecule has 6 heteroatoms. The van der Waals surface area contributed by atoms with Gasteiger partial charge in [-0.1, -0.05) is 11.2 Å². The van der Waals surface area contributed by atoms with Gasteiger partial charge in [0.25, 0.3) is 0 Å². The van der Waals surface area contributed by atoms with E-state index in [9.17, 15) is 4.39 Å². The van der Waals surface area contributed by atoms with E-state index in [2.05, 4.69) is 15.5 Å². The van der Waals surface area contributed by atoms with Gasteiger partial charge < -0.3 is 14.9 Å². The molecule has 1 aromatic carbocycles. The third-order valence-corrected chi connectivity index (χ3v) is 2.44. The number of nitrogens with zero attached hydrogens (tertiary/aromatic N) is 2. The Morgan fingerprint density at radius 1 is 1.44 bits per heavy atom. The highest BCUT2D eigenvalue weighted by atomic mass is 19.1. The highest BCUT2D eigenvalue weighted by molar-refractivity contribution is 5.27. The molecule has 0 amide bonds. The van der Waals surface area contributed by atoms with Crippen molar-refractivity contribution in [1.29, 1.82) is 0 Å². The van der Waals surface area contributed by atoms with Crippen molar-refractivity contribution in [1.82, 2.24) is 15.5 Å². The zero-order valence-corrected chi connectivity index (χ0v) is 9.98. The van der Waals surface area contributed by atoms with Gasteiger partial charge in [0.2, 0.25) is 5.89 Å². The van der Waals surface area contributed by atoms with Gasteiger partial charge in [0.15, 0.2) is 17.4 Å². The maximum atomic E-state index is 13.0. The van der Waals surface area contributed by atoms with Crippen LogP contribution in [0.15, 0.2) is 22.7 Å². The summed E-state index contributed by atoms with van der Waals surface area (Å²) in [6, 6.07) is 4.32. The van der Waals surface area contributed by atoms with E-state index in [1.807, 2.05) is 0 Å². The van der Waals surface area contributed by atoms with Gasteiger partial charge in [0.1, 0.15) is 0 Å². The summed E-state index contributed by atoms with van der Waals surface area (Å²) < 4.78 is 17.9. The molecule has 0 fully saturated rings. The zero-order chi connectivity index (χ0) is 13.0. The molecule has 2 aromatic rings. The molecule has 1 aromatic heterocycles. The maximum absolute atomic E-state index is 13.0. The van der Waals surface area contributed by atoms with E-state index in [0.29, 0.717) is 31.2 Å². The second-order valence-corrected chi connectivity index (χ2v) is 3.94. The van der Waals surface area contributed by atoms with Crippen molar-refractivity contribution in [2.24, 2.45) is 0 Å². The molecular formula is C12H14FN3O2. The van der Waals surface area contributed by atoms with Crippen molar-refractivity contribution in [3.63, 3.8) is 0 Å². The summed E-state index contributed by atoms with van der Waals surface area (Å²) in [6.45, 7) is 2.93. The van der Waals surface area contributed by atoms with Crippen LogP contribution in [-0.4, -0.2) is 21.8 Å². The lowest BCUT2D eigenvalue weighted by molar-refractivity contribution is 0.387. The second-order valence-electron chi connectivity index (χ2n) is 3.94. The van der Waals surface area contributed by atoms with Crippen LogP contribution in [0.25, 0.3) is 0 Å². The molecule has 0 saturated heterocycles. The lowest BCUT2D eigenvalue weighted by Crippen LogP contribution is -2.17. The van der Waals surface area contributed by atoms with Crippen LogP contribution >= 0.6 is 0 Å². The third-order valence-electron chi connectivity index (χ3n) is 2.44. The Bertz CT molecular complexity index is 528. The van der Waals surface area contributed by atoms with Crippen LogP contribution in [0.3, 0.4) is 0 Å². The first-order chi connectivity index (χ1) is 8.65. The van der Waals surface area contributed by atoms with E-state index >= 15 is 0 Å². The number of halogens is 1. The van der Waals surface area contributed by atoms with Gasteiger partial charge in [0, 0.05) is 26.4 Å². The summed E-state index contributed by atoms with van der Waals surface area (Å²) in [5, 5.41) is 15.9. The van der Waals surface area contributed by atoms with Crippen LogP contribution in [0.4, 0.5) is 4.39 Å². The predicted molar refractivity (Wildman–Crippen MR) is 62.5 cm³/mol. The number of phenolic OH excluding ortho intramolecular Hbond substituents is 1. The fourth-order valence-electron chi connectivity index (χ4n) is 1.54. The molecule has 0 bridgehead atoms. The fourth-order valence-corrected chi connectivity index (χ4v) is 1.54. The third kappa shape index (κ3) is 3.27. The van der Waals surface area contributed by atoms with E-state index in [0.717, 1.165) is 5.56 Å². The van der Waals surface area contributed by atoms with Gasteiger partial charge in [-0.05, 0) is 17.7 Å². The number of aromatic nitrogens is 2. The highest BCUT2D eigenvalue weighted by Crippen LogP contribution is 2.15. The van der Waals surface area contributed by atoms with Crippen LogP contribution in [-0.2, 0) is 13.0 Å². The van der Waals surface area contributed by atoms with Crippen molar-refractivity contribution < 1.29 is 14.0 Å². The van der Waals surface area contributed by atoms with Gasteiger partial charge in [-0.25, -0.2) is 4.39 Å². The monoisotopic (exact) mass is 251 g/mol. The Hall–Kier alpha value is -1.95. The molecule has 1 heterocycles. The van der Waals surface area contributed by atoms with Crippen molar-refractivity contribution in [3.05, 3.63) is 41.3 Å². The van der Waals surface area contributed by atoms with Crippen molar-refractivity contribution in [3.8, 4) is 5.75 Å². The predicted octanol–water partition coefficient (Wildman–Crippen LogP) is 1.56. The summed E-state index contributed by atoms with van der Waals surface area (Å²) in [5.41, 5.74) is 0.773. The molecular weight excluding hydrogens is 237 g/mol.